The average molecular weight is 285 g/mol. The molecule has 1 fully saturated rings. The van der Waals surface area contributed by atoms with E-state index in [0.717, 1.165) is 12.8 Å². The molecule has 0 unspecified atom stereocenters. The Hall–Kier alpha value is -1.42. The van der Waals surface area contributed by atoms with Gasteiger partial charge in [-0.2, -0.15) is 0 Å². The van der Waals surface area contributed by atoms with E-state index in [1.54, 1.807) is 12.1 Å². The molecule has 0 radical (unpaired) electrons. The zero-order chi connectivity index (χ0) is 13.8. The highest BCUT2D eigenvalue weighted by Gasteiger charge is 2.20. The molecule has 104 valence electrons. The molecule has 1 saturated carbocycles. The molecular weight excluding hydrogens is 268 g/mol. The number of ether oxygens (including phenoxy) is 2. The van der Waals surface area contributed by atoms with Crippen LogP contribution in [-0.4, -0.2) is 24.3 Å². The smallest absolute Gasteiger partial charge is 0.307 e. The van der Waals surface area contributed by atoms with Crippen LogP contribution in [0.1, 0.15) is 31.2 Å². The third kappa shape index (κ3) is 3.53. The number of carboxylic acids is 1. The van der Waals surface area contributed by atoms with Crippen molar-refractivity contribution in [1.29, 1.82) is 0 Å². The SMILES string of the molecule is COc1cc(CC(=O)O)c(Cl)cc1OC1CCCC1. The summed E-state index contributed by atoms with van der Waals surface area (Å²) in [5.74, 6) is 0.203. The topological polar surface area (TPSA) is 55.8 Å². The Morgan fingerprint density at radius 1 is 1.37 bits per heavy atom. The normalized spacial score (nSPS) is 15.5. The molecule has 1 aromatic rings. The minimum Gasteiger partial charge on any atom is -0.493 e. The van der Waals surface area contributed by atoms with Gasteiger partial charge >= 0.3 is 5.97 Å². The van der Waals surface area contributed by atoms with Crippen molar-refractivity contribution < 1.29 is 19.4 Å². The molecule has 0 aliphatic heterocycles. The summed E-state index contributed by atoms with van der Waals surface area (Å²) in [6, 6.07) is 3.29. The van der Waals surface area contributed by atoms with E-state index in [-0.39, 0.29) is 12.5 Å². The zero-order valence-electron chi connectivity index (χ0n) is 10.8. The van der Waals surface area contributed by atoms with Gasteiger partial charge in [0.05, 0.1) is 19.6 Å². The van der Waals surface area contributed by atoms with Crippen LogP contribution >= 0.6 is 11.6 Å². The fourth-order valence-electron chi connectivity index (χ4n) is 2.31. The monoisotopic (exact) mass is 284 g/mol. The largest absolute Gasteiger partial charge is 0.493 e. The van der Waals surface area contributed by atoms with Crippen LogP contribution in [0.5, 0.6) is 11.5 Å². The summed E-state index contributed by atoms with van der Waals surface area (Å²) < 4.78 is 11.1. The highest BCUT2D eigenvalue weighted by atomic mass is 35.5. The van der Waals surface area contributed by atoms with E-state index in [0.29, 0.717) is 22.1 Å². The van der Waals surface area contributed by atoms with Crippen molar-refractivity contribution in [2.75, 3.05) is 7.11 Å². The molecule has 0 aromatic heterocycles. The molecule has 19 heavy (non-hydrogen) atoms. The van der Waals surface area contributed by atoms with Gasteiger partial charge in [-0.15, -0.1) is 0 Å². The standard InChI is InChI=1S/C14H17ClO4/c1-18-12-6-9(7-14(16)17)11(15)8-13(12)19-10-4-2-3-5-10/h6,8,10H,2-5,7H2,1H3,(H,16,17). The van der Waals surface area contributed by atoms with Crippen molar-refractivity contribution in [1.82, 2.24) is 0 Å². The third-order valence-electron chi connectivity index (χ3n) is 3.27. The summed E-state index contributed by atoms with van der Waals surface area (Å²) >= 11 is 6.09. The molecule has 4 nitrogen and oxygen atoms in total. The molecule has 1 N–H and O–H groups in total. The van der Waals surface area contributed by atoms with Crippen molar-refractivity contribution in [3.8, 4) is 11.5 Å². The Balaban J connectivity index is 2.22. The Morgan fingerprint density at radius 3 is 2.63 bits per heavy atom. The lowest BCUT2D eigenvalue weighted by Gasteiger charge is -2.17. The Bertz CT molecular complexity index is 467. The van der Waals surface area contributed by atoms with E-state index in [4.69, 9.17) is 26.2 Å². The van der Waals surface area contributed by atoms with Crippen molar-refractivity contribution in [2.24, 2.45) is 0 Å². The number of benzene rings is 1. The minimum atomic E-state index is -0.923. The van der Waals surface area contributed by atoms with E-state index >= 15 is 0 Å². The zero-order valence-corrected chi connectivity index (χ0v) is 11.6. The summed E-state index contributed by atoms with van der Waals surface area (Å²) in [6.07, 6.45) is 4.51. The van der Waals surface area contributed by atoms with Gasteiger partial charge in [0.15, 0.2) is 11.5 Å². The summed E-state index contributed by atoms with van der Waals surface area (Å²) in [6.45, 7) is 0. The van der Waals surface area contributed by atoms with E-state index < -0.39 is 5.97 Å². The predicted octanol–water partition coefficient (Wildman–Crippen LogP) is 3.30. The molecule has 0 heterocycles. The lowest BCUT2D eigenvalue weighted by molar-refractivity contribution is -0.136. The summed E-state index contributed by atoms with van der Waals surface area (Å²) in [4.78, 5) is 10.8. The van der Waals surface area contributed by atoms with Gasteiger partial charge < -0.3 is 14.6 Å². The van der Waals surface area contributed by atoms with Gasteiger partial charge in [-0.3, -0.25) is 4.79 Å². The van der Waals surface area contributed by atoms with Crippen LogP contribution in [0.25, 0.3) is 0 Å². The summed E-state index contributed by atoms with van der Waals surface area (Å²) in [5.41, 5.74) is 0.532. The van der Waals surface area contributed by atoms with Crippen LogP contribution in [0.3, 0.4) is 0 Å². The summed E-state index contributed by atoms with van der Waals surface area (Å²) in [7, 11) is 1.54. The first kappa shape index (κ1) is 14.0. The van der Waals surface area contributed by atoms with Crippen LogP contribution < -0.4 is 9.47 Å². The fraction of sp³-hybridized carbons (Fsp3) is 0.500. The molecule has 0 atom stereocenters. The average Bonchev–Trinajstić information content (AvgIpc) is 2.85. The molecule has 0 amide bonds. The summed E-state index contributed by atoms with van der Waals surface area (Å²) in [5, 5.41) is 9.22. The van der Waals surface area contributed by atoms with Gasteiger partial charge in [-0.1, -0.05) is 11.6 Å². The van der Waals surface area contributed by atoms with Crippen LogP contribution in [0, 0.1) is 0 Å². The molecular formula is C14H17ClO4. The van der Waals surface area contributed by atoms with Gasteiger partial charge in [-0.05, 0) is 37.3 Å². The van der Waals surface area contributed by atoms with Gasteiger partial charge in [0.25, 0.3) is 0 Å². The predicted molar refractivity (Wildman–Crippen MR) is 72.2 cm³/mol. The molecule has 1 aromatic carbocycles. The van der Waals surface area contributed by atoms with Gasteiger partial charge in [0.2, 0.25) is 0 Å². The van der Waals surface area contributed by atoms with Crippen LogP contribution in [0.15, 0.2) is 12.1 Å². The van der Waals surface area contributed by atoms with E-state index in [2.05, 4.69) is 0 Å². The second-order valence-electron chi connectivity index (χ2n) is 4.69. The number of methoxy groups -OCH3 is 1. The number of hydrogen-bond donors (Lipinski definition) is 1. The maximum absolute atomic E-state index is 10.8. The van der Waals surface area contributed by atoms with E-state index in [1.165, 1.54) is 20.0 Å². The number of hydrogen-bond acceptors (Lipinski definition) is 3. The number of carbonyl (C=O) groups is 1. The van der Waals surface area contributed by atoms with Gasteiger partial charge in [0, 0.05) is 11.1 Å². The number of carboxylic acid groups (broad SMARTS) is 1. The second-order valence-corrected chi connectivity index (χ2v) is 5.10. The fourth-order valence-corrected chi connectivity index (χ4v) is 2.53. The highest BCUT2D eigenvalue weighted by Crippen LogP contribution is 2.36. The molecule has 0 bridgehead atoms. The molecule has 1 aliphatic carbocycles. The van der Waals surface area contributed by atoms with E-state index in [1.807, 2.05) is 0 Å². The Morgan fingerprint density at radius 2 is 2.05 bits per heavy atom. The van der Waals surface area contributed by atoms with Crippen molar-refractivity contribution >= 4 is 17.6 Å². The maximum atomic E-state index is 10.8. The molecule has 5 heteroatoms. The molecule has 0 saturated heterocycles. The maximum Gasteiger partial charge on any atom is 0.307 e. The van der Waals surface area contributed by atoms with Gasteiger partial charge in [-0.25, -0.2) is 0 Å². The van der Waals surface area contributed by atoms with Gasteiger partial charge in [0.1, 0.15) is 0 Å². The lowest BCUT2D eigenvalue weighted by Crippen LogP contribution is -2.12. The lowest BCUT2D eigenvalue weighted by atomic mass is 10.1. The third-order valence-corrected chi connectivity index (χ3v) is 3.62. The van der Waals surface area contributed by atoms with E-state index in [9.17, 15) is 4.79 Å². The Labute approximate surface area is 117 Å². The molecule has 2 rings (SSSR count). The van der Waals surface area contributed by atoms with Crippen molar-refractivity contribution in [3.63, 3.8) is 0 Å². The first-order valence-corrected chi connectivity index (χ1v) is 6.73. The number of rotatable bonds is 5. The second kappa shape index (κ2) is 6.15. The number of aliphatic carboxylic acids is 1. The van der Waals surface area contributed by atoms with Crippen LogP contribution in [-0.2, 0) is 11.2 Å². The highest BCUT2D eigenvalue weighted by molar-refractivity contribution is 6.31. The Kier molecular flexibility index (Phi) is 4.53. The first-order chi connectivity index (χ1) is 9.10. The molecule has 0 spiro atoms. The van der Waals surface area contributed by atoms with Crippen LogP contribution in [0.2, 0.25) is 5.02 Å². The first-order valence-electron chi connectivity index (χ1n) is 6.35. The van der Waals surface area contributed by atoms with Crippen molar-refractivity contribution in [3.05, 3.63) is 22.7 Å². The quantitative estimate of drug-likeness (QED) is 0.901. The minimum absolute atomic E-state index is 0.126. The van der Waals surface area contributed by atoms with Crippen LogP contribution in [0.4, 0.5) is 0 Å². The van der Waals surface area contributed by atoms with Crippen molar-refractivity contribution in [2.45, 2.75) is 38.2 Å². The molecule has 1 aliphatic rings. The number of halogens is 1.